The van der Waals surface area contributed by atoms with Gasteiger partial charge in [-0.1, -0.05) is 24.3 Å². The second kappa shape index (κ2) is 10.4. The third-order valence-corrected chi connectivity index (χ3v) is 8.18. The third-order valence-electron chi connectivity index (χ3n) is 8.18. The number of hydrogen-bond donors (Lipinski definition) is 1. The Balaban J connectivity index is 1.34. The van der Waals surface area contributed by atoms with Gasteiger partial charge in [-0.3, -0.25) is 9.78 Å². The van der Waals surface area contributed by atoms with E-state index in [1.54, 1.807) is 19.2 Å². The molecule has 0 spiro atoms. The molecule has 190 valence electrons. The number of rotatable bonds is 5. The van der Waals surface area contributed by atoms with E-state index in [4.69, 9.17) is 9.47 Å². The van der Waals surface area contributed by atoms with Crippen LogP contribution in [0.5, 0.6) is 0 Å². The largest absolute Gasteiger partial charge is 0.462 e. The van der Waals surface area contributed by atoms with Crippen LogP contribution in [0, 0.1) is 35.4 Å². The van der Waals surface area contributed by atoms with E-state index in [1.165, 1.54) is 12.1 Å². The molecule has 0 radical (unpaired) electrons. The van der Waals surface area contributed by atoms with Crippen molar-refractivity contribution >= 4 is 18.1 Å². The first-order chi connectivity index (χ1) is 17.4. The van der Waals surface area contributed by atoms with Crippen molar-refractivity contribution in [1.29, 1.82) is 0 Å². The van der Waals surface area contributed by atoms with Gasteiger partial charge >= 0.3 is 12.1 Å². The van der Waals surface area contributed by atoms with Gasteiger partial charge in [-0.15, -0.1) is 0 Å². The van der Waals surface area contributed by atoms with Crippen LogP contribution in [-0.4, -0.2) is 35.8 Å². The molecule has 2 aliphatic carbocycles. The van der Waals surface area contributed by atoms with Crippen LogP contribution in [0.15, 0.2) is 48.7 Å². The van der Waals surface area contributed by atoms with Crippen molar-refractivity contribution in [3.05, 3.63) is 60.2 Å². The SMILES string of the molecule is CCOC(=O)N[C@H]1CC[C@H]2[C@@H](C1)C[C@@H]1C(=O)O[C@H](C)[C@@H]1[C@H]2C=Cc1ccc(-c2cccc(F)c2)cn1. The Morgan fingerprint density at radius 1 is 1.22 bits per heavy atom. The number of carbonyl (C=O) groups excluding carboxylic acids is 2. The van der Waals surface area contributed by atoms with Gasteiger partial charge in [0.1, 0.15) is 11.9 Å². The third kappa shape index (κ3) is 5.01. The van der Waals surface area contributed by atoms with E-state index in [0.717, 1.165) is 42.5 Å². The number of fused-ring (bicyclic) bond motifs is 2. The molecule has 0 bridgehead atoms. The maximum atomic E-state index is 13.6. The van der Waals surface area contributed by atoms with E-state index >= 15 is 0 Å². The zero-order valence-electron chi connectivity index (χ0n) is 20.7. The number of alkyl carbamates (subject to hydrolysis) is 1. The van der Waals surface area contributed by atoms with Crippen molar-refractivity contribution in [2.45, 2.75) is 51.7 Å². The van der Waals surface area contributed by atoms with Gasteiger partial charge < -0.3 is 14.8 Å². The van der Waals surface area contributed by atoms with Gasteiger partial charge in [0.15, 0.2) is 0 Å². The molecular weight excluding hydrogens is 459 g/mol. The van der Waals surface area contributed by atoms with Crippen LogP contribution in [0.3, 0.4) is 0 Å². The zero-order valence-corrected chi connectivity index (χ0v) is 20.7. The lowest BCUT2D eigenvalue weighted by Gasteiger charge is -2.47. The molecule has 3 aliphatic rings. The summed E-state index contributed by atoms with van der Waals surface area (Å²) in [4.78, 5) is 29.2. The Bertz CT molecular complexity index is 1130. The lowest BCUT2D eigenvalue weighted by Crippen LogP contribution is -2.48. The Morgan fingerprint density at radius 2 is 2.08 bits per heavy atom. The second-order valence-electron chi connectivity index (χ2n) is 10.3. The smallest absolute Gasteiger partial charge is 0.407 e. The molecule has 1 saturated heterocycles. The summed E-state index contributed by atoms with van der Waals surface area (Å²) in [5.41, 5.74) is 2.48. The molecule has 5 rings (SSSR count). The number of amides is 1. The van der Waals surface area contributed by atoms with Crippen LogP contribution < -0.4 is 5.32 Å². The van der Waals surface area contributed by atoms with Crippen LogP contribution in [-0.2, 0) is 14.3 Å². The number of cyclic esters (lactones) is 1. The van der Waals surface area contributed by atoms with Crippen molar-refractivity contribution in [3.63, 3.8) is 0 Å². The first kappa shape index (κ1) is 24.5. The van der Waals surface area contributed by atoms with Gasteiger partial charge in [-0.05, 0) is 87.1 Å². The van der Waals surface area contributed by atoms with Crippen molar-refractivity contribution in [3.8, 4) is 11.1 Å². The molecule has 3 fully saturated rings. The molecule has 1 aromatic carbocycles. The Hall–Kier alpha value is -3.22. The fourth-order valence-electron chi connectivity index (χ4n) is 6.64. The Labute approximate surface area is 211 Å². The molecule has 1 aromatic heterocycles. The molecule has 1 N–H and O–H groups in total. The van der Waals surface area contributed by atoms with Crippen LogP contribution in [0.4, 0.5) is 9.18 Å². The topological polar surface area (TPSA) is 77.5 Å². The minimum Gasteiger partial charge on any atom is -0.462 e. The van der Waals surface area contributed by atoms with Crippen molar-refractivity contribution in [1.82, 2.24) is 10.3 Å². The molecule has 1 amide bonds. The number of ether oxygens (including phenoxy) is 2. The molecule has 6 nitrogen and oxygen atoms in total. The van der Waals surface area contributed by atoms with E-state index in [-0.39, 0.29) is 47.8 Å². The summed E-state index contributed by atoms with van der Waals surface area (Å²) in [5, 5.41) is 3.00. The molecule has 1 aliphatic heterocycles. The maximum Gasteiger partial charge on any atom is 0.407 e. The van der Waals surface area contributed by atoms with E-state index in [1.807, 2.05) is 31.2 Å². The number of nitrogens with one attached hydrogen (secondary N) is 1. The number of pyridine rings is 1. The van der Waals surface area contributed by atoms with Crippen molar-refractivity contribution < 1.29 is 23.5 Å². The van der Waals surface area contributed by atoms with E-state index in [2.05, 4.69) is 16.4 Å². The fraction of sp³-hybridized carbons (Fsp3) is 0.483. The van der Waals surface area contributed by atoms with Gasteiger partial charge in [0.25, 0.3) is 0 Å². The highest BCUT2D eigenvalue weighted by molar-refractivity contribution is 5.75. The monoisotopic (exact) mass is 492 g/mol. The lowest BCUT2D eigenvalue weighted by molar-refractivity contribution is -0.144. The number of allylic oxidation sites excluding steroid dienone is 1. The number of carbonyl (C=O) groups is 2. The summed E-state index contributed by atoms with van der Waals surface area (Å²) in [7, 11) is 0. The minimum atomic E-state index is -0.368. The number of halogens is 1. The summed E-state index contributed by atoms with van der Waals surface area (Å²) in [6, 6.07) is 10.4. The molecule has 2 saturated carbocycles. The van der Waals surface area contributed by atoms with Gasteiger partial charge in [-0.2, -0.15) is 0 Å². The van der Waals surface area contributed by atoms with Gasteiger partial charge in [0.05, 0.1) is 18.2 Å². The molecule has 7 heteroatoms. The zero-order chi connectivity index (χ0) is 25.2. The molecule has 2 aromatic rings. The first-order valence-electron chi connectivity index (χ1n) is 13.0. The second-order valence-corrected chi connectivity index (χ2v) is 10.3. The number of benzene rings is 1. The van der Waals surface area contributed by atoms with Gasteiger partial charge in [0, 0.05) is 23.7 Å². The average molecular weight is 493 g/mol. The highest BCUT2D eigenvalue weighted by Gasteiger charge is 2.54. The fourth-order valence-corrected chi connectivity index (χ4v) is 6.64. The van der Waals surface area contributed by atoms with Crippen molar-refractivity contribution in [2.24, 2.45) is 29.6 Å². The maximum absolute atomic E-state index is 13.6. The summed E-state index contributed by atoms with van der Waals surface area (Å²) in [6.07, 6.45) is 9.07. The molecular formula is C29H33FN2O4. The van der Waals surface area contributed by atoms with E-state index in [0.29, 0.717) is 18.4 Å². The summed E-state index contributed by atoms with van der Waals surface area (Å²) in [5.74, 6) is 0.629. The van der Waals surface area contributed by atoms with Crippen LogP contribution >= 0.6 is 0 Å². The van der Waals surface area contributed by atoms with Gasteiger partial charge in [0.2, 0.25) is 0 Å². The van der Waals surface area contributed by atoms with Crippen LogP contribution in [0.25, 0.3) is 17.2 Å². The van der Waals surface area contributed by atoms with E-state index < -0.39 is 0 Å². The first-order valence-corrected chi connectivity index (χ1v) is 13.0. The molecule has 0 unspecified atom stereocenters. The number of nitrogens with zero attached hydrogens (tertiary/aromatic N) is 1. The summed E-state index contributed by atoms with van der Waals surface area (Å²) in [6.45, 7) is 4.15. The average Bonchev–Trinajstić information content (AvgIpc) is 3.15. The quantitative estimate of drug-likeness (QED) is 0.548. The predicted molar refractivity (Wildman–Crippen MR) is 134 cm³/mol. The minimum absolute atomic E-state index is 0.0679. The van der Waals surface area contributed by atoms with Crippen LogP contribution in [0.2, 0.25) is 0 Å². The summed E-state index contributed by atoms with van der Waals surface area (Å²) >= 11 is 0. The summed E-state index contributed by atoms with van der Waals surface area (Å²) < 4.78 is 24.3. The van der Waals surface area contributed by atoms with Crippen LogP contribution in [0.1, 0.15) is 45.2 Å². The Kier molecular flexibility index (Phi) is 7.08. The lowest BCUT2D eigenvalue weighted by atomic mass is 9.57. The molecule has 36 heavy (non-hydrogen) atoms. The van der Waals surface area contributed by atoms with Gasteiger partial charge in [-0.25, -0.2) is 9.18 Å². The van der Waals surface area contributed by atoms with E-state index in [9.17, 15) is 14.0 Å². The number of aromatic nitrogens is 1. The Morgan fingerprint density at radius 3 is 2.83 bits per heavy atom. The normalized spacial score (nSPS) is 31.4. The molecule has 7 atom stereocenters. The predicted octanol–water partition coefficient (Wildman–Crippen LogP) is 5.63. The number of hydrogen-bond acceptors (Lipinski definition) is 5. The number of esters is 1. The van der Waals surface area contributed by atoms with Crippen molar-refractivity contribution in [2.75, 3.05) is 6.61 Å². The highest BCUT2D eigenvalue weighted by atomic mass is 19.1. The standard InChI is InChI=1S/C29H33FN2O4/c1-3-35-29(34)32-23-10-11-24-20(14-23)15-26-27(17(2)36-28(26)33)25(24)12-9-22-8-7-19(16-31-22)18-5-4-6-21(30)13-18/h4-9,12-13,16-17,20,23-27H,3,10-11,14-15H2,1-2H3,(H,32,34)/t17-,20+,23+,24+,25+,26+,27-/m1/s1. The highest BCUT2D eigenvalue weighted by Crippen LogP contribution is 2.53. The molecule has 2 heterocycles.